The van der Waals surface area contributed by atoms with Crippen LogP contribution in [-0.2, 0) is 6.42 Å². The lowest BCUT2D eigenvalue weighted by Gasteiger charge is -2.26. The third-order valence-electron chi connectivity index (χ3n) is 6.65. The number of phenolic OH excluding ortho intramolecular Hbond substituents is 1. The first-order valence-electron chi connectivity index (χ1n) is 11.4. The van der Waals surface area contributed by atoms with Gasteiger partial charge in [-0.05, 0) is 66.8 Å². The summed E-state index contributed by atoms with van der Waals surface area (Å²) in [6, 6.07) is 21.3. The number of methoxy groups -OCH3 is 1. The summed E-state index contributed by atoms with van der Waals surface area (Å²) in [4.78, 5) is 15.4. The minimum atomic E-state index is -0.295. The lowest BCUT2D eigenvalue weighted by molar-refractivity contribution is 0.0746. The van der Waals surface area contributed by atoms with Crippen LogP contribution in [0.15, 0.2) is 66.7 Å². The lowest BCUT2D eigenvalue weighted by atomic mass is 9.94. The molecule has 5 rings (SSSR count). The maximum atomic E-state index is 13.5. The maximum absolute atomic E-state index is 13.5. The number of carbonyl (C=O) groups excluding carboxylic acids is 1. The molecule has 0 radical (unpaired) electrons. The van der Waals surface area contributed by atoms with Crippen LogP contribution in [0.25, 0.3) is 11.3 Å². The van der Waals surface area contributed by atoms with E-state index < -0.39 is 0 Å². The van der Waals surface area contributed by atoms with E-state index in [0.717, 1.165) is 33.6 Å². The molecule has 3 aromatic carbocycles. The topological polar surface area (TPSA) is 78.5 Å². The van der Waals surface area contributed by atoms with Crippen molar-refractivity contribution in [2.24, 2.45) is 0 Å². The summed E-state index contributed by atoms with van der Waals surface area (Å²) >= 11 is 0. The number of hydrogen-bond donors (Lipinski definition) is 2. The van der Waals surface area contributed by atoms with E-state index in [1.54, 1.807) is 13.2 Å². The average molecular weight is 454 g/mol. The van der Waals surface area contributed by atoms with E-state index in [9.17, 15) is 9.90 Å². The Labute approximate surface area is 198 Å². The molecule has 0 bridgehead atoms. The number of aromatic amines is 1. The van der Waals surface area contributed by atoms with Gasteiger partial charge in [-0.3, -0.25) is 9.89 Å². The Morgan fingerprint density at radius 2 is 1.74 bits per heavy atom. The number of phenols is 1. The number of hydrogen-bond acceptors (Lipinski definition) is 4. The molecule has 0 aliphatic carbocycles. The van der Waals surface area contributed by atoms with Crippen molar-refractivity contribution in [3.05, 3.63) is 100 Å². The molecule has 6 nitrogen and oxygen atoms in total. The molecule has 1 aliphatic heterocycles. The molecule has 0 saturated carbocycles. The fourth-order valence-corrected chi connectivity index (χ4v) is 4.65. The summed E-state index contributed by atoms with van der Waals surface area (Å²) in [5.41, 5.74) is 6.74. The van der Waals surface area contributed by atoms with Crippen molar-refractivity contribution < 1.29 is 14.6 Å². The van der Waals surface area contributed by atoms with Gasteiger partial charge in [0.25, 0.3) is 5.91 Å². The molecule has 0 fully saturated rings. The van der Waals surface area contributed by atoms with Crippen molar-refractivity contribution in [2.75, 3.05) is 13.7 Å². The summed E-state index contributed by atoms with van der Waals surface area (Å²) in [6.45, 7) is 4.52. The Kier molecular flexibility index (Phi) is 5.57. The molecule has 1 atom stereocenters. The second-order valence-corrected chi connectivity index (χ2v) is 8.72. The van der Waals surface area contributed by atoms with Crippen molar-refractivity contribution in [3.63, 3.8) is 0 Å². The molecule has 34 heavy (non-hydrogen) atoms. The Balaban J connectivity index is 1.55. The lowest BCUT2D eigenvalue weighted by Crippen LogP contribution is -2.31. The number of rotatable bonds is 6. The van der Waals surface area contributed by atoms with Gasteiger partial charge in [0.15, 0.2) is 0 Å². The SMILES string of the molecule is COc1ccc(CCN2C(=O)c3[nH]nc(-c4cc(C)c(C)cc4O)c3[C@@H]2c2ccccc2)cc1. The molecule has 4 aromatic rings. The van der Waals surface area contributed by atoms with Crippen LogP contribution >= 0.6 is 0 Å². The van der Waals surface area contributed by atoms with E-state index in [0.29, 0.717) is 29.9 Å². The zero-order valence-electron chi connectivity index (χ0n) is 19.5. The van der Waals surface area contributed by atoms with Crippen LogP contribution in [0.5, 0.6) is 11.5 Å². The van der Waals surface area contributed by atoms with E-state index in [-0.39, 0.29) is 17.7 Å². The zero-order chi connectivity index (χ0) is 23.8. The number of ether oxygens (including phenoxy) is 1. The van der Waals surface area contributed by atoms with Gasteiger partial charge in [-0.2, -0.15) is 5.10 Å². The zero-order valence-corrected chi connectivity index (χ0v) is 19.5. The van der Waals surface area contributed by atoms with Crippen LogP contribution in [-0.4, -0.2) is 39.8 Å². The first kappa shape index (κ1) is 21.8. The van der Waals surface area contributed by atoms with E-state index in [1.807, 2.05) is 79.4 Å². The van der Waals surface area contributed by atoms with E-state index >= 15 is 0 Å². The highest BCUT2D eigenvalue weighted by atomic mass is 16.5. The number of fused-ring (bicyclic) bond motifs is 1. The second kappa shape index (κ2) is 8.71. The van der Waals surface area contributed by atoms with Crippen molar-refractivity contribution in [2.45, 2.75) is 26.3 Å². The average Bonchev–Trinajstić information content (AvgIpc) is 3.39. The largest absolute Gasteiger partial charge is 0.507 e. The molecule has 1 aliphatic rings. The highest BCUT2D eigenvalue weighted by Crippen LogP contribution is 2.44. The number of amides is 1. The third-order valence-corrected chi connectivity index (χ3v) is 6.65. The summed E-state index contributed by atoms with van der Waals surface area (Å²) in [6.07, 6.45) is 0.709. The van der Waals surface area contributed by atoms with Gasteiger partial charge in [-0.25, -0.2) is 0 Å². The standard InChI is InChI=1S/C28H27N3O3/c1-17-15-22(23(32)16-18(17)2)25-24-26(30-29-25)28(33)31(27(24)20-7-5-4-6-8-20)14-13-19-9-11-21(34-3)12-10-19/h4-12,15-16,27,32H,13-14H2,1-3H3,(H,29,30)/t27-/m0/s1. The van der Waals surface area contributed by atoms with Crippen LogP contribution in [0.4, 0.5) is 0 Å². The molecule has 2 heterocycles. The highest BCUT2D eigenvalue weighted by Gasteiger charge is 2.42. The molecular weight excluding hydrogens is 426 g/mol. The number of carbonyl (C=O) groups is 1. The first-order chi connectivity index (χ1) is 16.5. The Morgan fingerprint density at radius 3 is 2.44 bits per heavy atom. The van der Waals surface area contributed by atoms with Gasteiger partial charge in [0.05, 0.1) is 13.2 Å². The number of aromatic nitrogens is 2. The van der Waals surface area contributed by atoms with Gasteiger partial charge < -0.3 is 14.7 Å². The molecule has 0 saturated heterocycles. The summed E-state index contributed by atoms with van der Waals surface area (Å²) < 4.78 is 5.26. The summed E-state index contributed by atoms with van der Waals surface area (Å²) in [5, 5.41) is 18.2. The molecule has 172 valence electrons. The van der Waals surface area contributed by atoms with E-state index in [2.05, 4.69) is 10.2 Å². The fraction of sp³-hybridized carbons (Fsp3) is 0.214. The molecular formula is C28H27N3O3. The van der Waals surface area contributed by atoms with Gasteiger partial charge in [-0.1, -0.05) is 42.5 Å². The quantitative estimate of drug-likeness (QED) is 0.421. The number of H-pyrrole nitrogens is 1. The van der Waals surface area contributed by atoms with Gasteiger partial charge in [-0.15, -0.1) is 0 Å². The molecule has 2 N–H and O–H groups in total. The summed E-state index contributed by atoms with van der Waals surface area (Å²) in [5.74, 6) is 0.884. The van der Waals surface area contributed by atoms with Gasteiger partial charge in [0, 0.05) is 17.7 Å². The Hall–Kier alpha value is -4.06. The minimum absolute atomic E-state index is 0.0839. The van der Waals surface area contributed by atoms with Crippen LogP contribution in [0.1, 0.15) is 44.3 Å². The normalized spacial score (nSPS) is 15.0. The predicted molar refractivity (Wildman–Crippen MR) is 131 cm³/mol. The smallest absolute Gasteiger partial charge is 0.273 e. The molecule has 1 aromatic heterocycles. The molecule has 0 unspecified atom stereocenters. The second-order valence-electron chi connectivity index (χ2n) is 8.72. The first-order valence-corrected chi connectivity index (χ1v) is 11.4. The minimum Gasteiger partial charge on any atom is -0.507 e. The van der Waals surface area contributed by atoms with Crippen LogP contribution in [0.2, 0.25) is 0 Å². The van der Waals surface area contributed by atoms with Crippen LogP contribution in [0, 0.1) is 13.8 Å². The number of aryl methyl sites for hydroxylation is 2. The van der Waals surface area contributed by atoms with Gasteiger partial charge >= 0.3 is 0 Å². The monoisotopic (exact) mass is 453 g/mol. The van der Waals surface area contributed by atoms with Crippen molar-refractivity contribution >= 4 is 5.91 Å². The fourth-order valence-electron chi connectivity index (χ4n) is 4.65. The van der Waals surface area contributed by atoms with E-state index in [1.165, 1.54) is 0 Å². The molecule has 1 amide bonds. The highest BCUT2D eigenvalue weighted by molar-refractivity contribution is 6.00. The summed E-state index contributed by atoms with van der Waals surface area (Å²) in [7, 11) is 1.65. The predicted octanol–water partition coefficient (Wildman–Crippen LogP) is 5.20. The number of nitrogens with one attached hydrogen (secondary N) is 1. The van der Waals surface area contributed by atoms with Crippen molar-refractivity contribution in [1.29, 1.82) is 0 Å². The maximum Gasteiger partial charge on any atom is 0.273 e. The Bertz CT molecular complexity index is 1340. The number of nitrogens with zero attached hydrogens (tertiary/aromatic N) is 2. The molecule has 6 heteroatoms. The van der Waals surface area contributed by atoms with Crippen LogP contribution in [0.3, 0.4) is 0 Å². The van der Waals surface area contributed by atoms with Gasteiger partial charge in [0.1, 0.15) is 22.9 Å². The Morgan fingerprint density at radius 1 is 1.03 bits per heavy atom. The van der Waals surface area contributed by atoms with Crippen LogP contribution < -0.4 is 4.74 Å². The van der Waals surface area contributed by atoms with Crippen molar-refractivity contribution in [3.8, 4) is 22.8 Å². The third kappa shape index (κ3) is 3.71. The molecule has 0 spiro atoms. The van der Waals surface area contributed by atoms with Gasteiger partial charge in [0.2, 0.25) is 0 Å². The van der Waals surface area contributed by atoms with Crippen molar-refractivity contribution in [1.82, 2.24) is 15.1 Å². The number of aromatic hydroxyl groups is 1. The number of benzene rings is 3. The van der Waals surface area contributed by atoms with E-state index in [4.69, 9.17) is 4.74 Å².